The van der Waals surface area contributed by atoms with Crippen molar-refractivity contribution in [2.24, 2.45) is 0 Å². The van der Waals surface area contributed by atoms with E-state index in [0.717, 1.165) is 38.2 Å². The van der Waals surface area contributed by atoms with E-state index in [2.05, 4.69) is 29.4 Å². The monoisotopic (exact) mass is 347 g/mol. The topological polar surface area (TPSA) is 44.4 Å². The molecule has 1 saturated heterocycles. The van der Waals surface area contributed by atoms with Crippen LogP contribution >= 0.6 is 24.8 Å². The van der Waals surface area contributed by atoms with E-state index in [4.69, 9.17) is 0 Å². The fourth-order valence-electron chi connectivity index (χ4n) is 2.81. The van der Waals surface area contributed by atoms with Crippen molar-refractivity contribution in [3.05, 3.63) is 35.9 Å². The number of benzene rings is 1. The number of carbonyl (C=O) groups is 1. The number of nitrogens with zero attached hydrogens (tertiary/aromatic N) is 1. The second-order valence-corrected chi connectivity index (χ2v) is 5.23. The van der Waals surface area contributed by atoms with E-state index in [0.29, 0.717) is 0 Å². The fraction of sp³-hybridized carbons (Fsp3) is 0.562. The summed E-state index contributed by atoms with van der Waals surface area (Å²) in [5.41, 5.74) is 1.07. The first-order valence-electron chi connectivity index (χ1n) is 7.56. The molecule has 0 radical (unpaired) electrons. The second-order valence-electron chi connectivity index (χ2n) is 5.23. The van der Waals surface area contributed by atoms with E-state index in [9.17, 15) is 4.79 Å². The minimum Gasteiger partial charge on any atom is -0.350 e. The highest BCUT2D eigenvalue weighted by molar-refractivity contribution is 5.85. The summed E-state index contributed by atoms with van der Waals surface area (Å²) in [5.74, 6) is 0.119. The average Bonchev–Trinajstić information content (AvgIpc) is 2.98. The van der Waals surface area contributed by atoms with Crippen LogP contribution in [0.1, 0.15) is 31.9 Å². The molecule has 0 bridgehead atoms. The molecule has 4 nitrogen and oxygen atoms in total. The molecule has 126 valence electrons. The van der Waals surface area contributed by atoms with Gasteiger partial charge in [0.2, 0.25) is 5.91 Å². The number of hydrogen-bond donors (Lipinski definition) is 2. The lowest BCUT2D eigenvalue weighted by atomic mass is 10.0. The number of halogens is 2. The van der Waals surface area contributed by atoms with Gasteiger partial charge in [-0.05, 0) is 31.6 Å². The maximum absolute atomic E-state index is 12.7. The molecule has 0 aliphatic carbocycles. The summed E-state index contributed by atoms with van der Waals surface area (Å²) in [4.78, 5) is 14.9. The first-order valence-corrected chi connectivity index (χ1v) is 7.56. The molecule has 6 heteroatoms. The summed E-state index contributed by atoms with van der Waals surface area (Å²) < 4.78 is 0. The highest BCUT2D eigenvalue weighted by Crippen LogP contribution is 2.21. The van der Waals surface area contributed by atoms with Crippen molar-refractivity contribution < 1.29 is 4.79 Å². The number of carbonyl (C=O) groups excluding carboxylic acids is 1. The van der Waals surface area contributed by atoms with Gasteiger partial charge in [0.25, 0.3) is 0 Å². The quantitative estimate of drug-likeness (QED) is 0.830. The average molecular weight is 348 g/mol. The van der Waals surface area contributed by atoms with Crippen molar-refractivity contribution in [3.63, 3.8) is 0 Å². The zero-order chi connectivity index (χ0) is 14.4. The first kappa shape index (κ1) is 21.2. The van der Waals surface area contributed by atoms with Crippen LogP contribution in [-0.4, -0.2) is 43.0 Å². The Bertz CT molecular complexity index is 421. The molecule has 1 aliphatic rings. The summed E-state index contributed by atoms with van der Waals surface area (Å²) in [6.07, 6.45) is 1.02. The lowest BCUT2D eigenvalue weighted by molar-refractivity contribution is -0.127. The normalized spacial score (nSPS) is 18.2. The number of rotatable bonds is 6. The molecule has 0 saturated carbocycles. The summed E-state index contributed by atoms with van der Waals surface area (Å²) in [7, 11) is 0. The van der Waals surface area contributed by atoms with E-state index in [1.807, 2.05) is 30.3 Å². The van der Waals surface area contributed by atoms with Crippen LogP contribution in [0, 0.1) is 0 Å². The van der Waals surface area contributed by atoms with Gasteiger partial charge in [0.15, 0.2) is 0 Å². The molecule has 0 aromatic heterocycles. The Kier molecular flexibility index (Phi) is 10.4. The van der Waals surface area contributed by atoms with E-state index in [1.54, 1.807) is 0 Å². The van der Waals surface area contributed by atoms with Gasteiger partial charge in [-0.15, -0.1) is 24.8 Å². The molecule has 1 aromatic rings. The molecule has 1 aliphatic heterocycles. The largest absolute Gasteiger partial charge is 0.350 e. The third kappa shape index (κ3) is 5.43. The van der Waals surface area contributed by atoms with Crippen LogP contribution in [0.3, 0.4) is 0 Å². The lowest BCUT2D eigenvalue weighted by Crippen LogP contribution is -2.45. The summed E-state index contributed by atoms with van der Waals surface area (Å²) in [6.45, 7) is 7.81. The molecule has 1 fully saturated rings. The van der Waals surface area contributed by atoms with Crippen LogP contribution < -0.4 is 10.6 Å². The Labute approximate surface area is 145 Å². The molecule has 1 aromatic carbocycles. The van der Waals surface area contributed by atoms with Gasteiger partial charge in [0, 0.05) is 12.6 Å². The van der Waals surface area contributed by atoms with Crippen LogP contribution in [0.25, 0.3) is 0 Å². The maximum atomic E-state index is 12.7. The zero-order valence-electron chi connectivity index (χ0n) is 13.2. The molecule has 1 heterocycles. The zero-order valence-corrected chi connectivity index (χ0v) is 14.9. The predicted molar refractivity (Wildman–Crippen MR) is 96.0 cm³/mol. The highest BCUT2D eigenvalue weighted by Gasteiger charge is 2.28. The third-order valence-electron chi connectivity index (χ3n) is 3.95. The van der Waals surface area contributed by atoms with E-state index < -0.39 is 0 Å². The van der Waals surface area contributed by atoms with Gasteiger partial charge in [0.05, 0.1) is 0 Å². The Morgan fingerprint density at radius 3 is 2.41 bits per heavy atom. The Morgan fingerprint density at radius 2 is 1.91 bits per heavy atom. The van der Waals surface area contributed by atoms with Gasteiger partial charge in [-0.2, -0.15) is 0 Å². The first-order chi connectivity index (χ1) is 9.76. The predicted octanol–water partition coefficient (Wildman–Crippen LogP) is 2.39. The van der Waals surface area contributed by atoms with Crippen molar-refractivity contribution in [2.45, 2.75) is 32.4 Å². The molecule has 22 heavy (non-hydrogen) atoms. The van der Waals surface area contributed by atoms with Crippen LogP contribution in [0.15, 0.2) is 30.3 Å². The van der Waals surface area contributed by atoms with Crippen molar-refractivity contribution in [3.8, 4) is 0 Å². The SMILES string of the molecule is CCN(CC)C(C(=O)NC1CCNC1)c1ccccc1.Cl.Cl. The lowest BCUT2D eigenvalue weighted by Gasteiger charge is -2.30. The molecule has 2 unspecified atom stereocenters. The van der Waals surface area contributed by atoms with E-state index >= 15 is 0 Å². The van der Waals surface area contributed by atoms with Crippen molar-refractivity contribution >= 4 is 30.7 Å². The molecule has 2 N–H and O–H groups in total. The fourth-order valence-corrected chi connectivity index (χ4v) is 2.81. The van der Waals surface area contributed by atoms with E-state index in [1.165, 1.54) is 0 Å². The summed E-state index contributed by atoms with van der Waals surface area (Å²) >= 11 is 0. The third-order valence-corrected chi connectivity index (χ3v) is 3.95. The molecule has 1 amide bonds. The summed E-state index contributed by atoms with van der Waals surface area (Å²) in [5, 5.41) is 6.47. The van der Waals surface area contributed by atoms with Gasteiger partial charge in [-0.1, -0.05) is 44.2 Å². The van der Waals surface area contributed by atoms with Gasteiger partial charge in [-0.3, -0.25) is 9.69 Å². The van der Waals surface area contributed by atoms with Gasteiger partial charge < -0.3 is 10.6 Å². The van der Waals surface area contributed by atoms with E-state index in [-0.39, 0.29) is 42.8 Å². The molecular formula is C16H27Cl2N3O. The molecular weight excluding hydrogens is 321 g/mol. The number of likely N-dealkylation sites (N-methyl/N-ethyl adjacent to an activating group) is 1. The second kappa shape index (κ2) is 10.8. The minimum absolute atomic E-state index is 0. The van der Waals surface area contributed by atoms with Crippen molar-refractivity contribution in [1.82, 2.24) is 15.5 Å². The summed E-state index contributed by atoms with van der Waals surface area (Å²) in [6, 6.07) is 10.1. The molecule has 0 spiro atoms. The Hall–Kier alpha value is -0.810. The number of nitrogens with one attached hydrogen (secondary N) is 2. The maximum Gasteiger partial charge on any atom is 0.242 e. The Morgan fingerprint density at radius 1 is 1.27 bits per heavy atom. The Balaban J connectivity index is 0.00000220. The minimum atomic E-state index is -0.188. The van der Waals surface area contributed by atoms with Gasteiger partial charge in [0.1, 0.15) is 6.04 Å². The van der Waals surface area contributed by atoms with Gasteiger partial charge >= 0.3 is 0 Å². The van der Waals surface area contributed by atoms with Crippen LogP contribution in [0.5, 0.6) is 0 Å². The highest BCUT2D eigenvalue weighted by atomic mass is 35.5. The number of hydrogen-bond acceptors (Lipinski definition) is 3. The van der Waals surface area contributed by atoms with Crippen LogP contribution in [0.4, 0.5) is 0 Å². The van der Waals surface area contributed by atoms with Crippen molar-refractivity contribution in [1.29, 1.82) is 0 Å². The molecule has 2 rings (SSSR count). The smallest absolute Gasteiger partial charge is 0.242 e. The standard InChI is InChI=1S/C16H25N3O.2ClH/c1-3-19(4-2)15(13-8-6-5-7-9-13)16(20)18-14-10-11-17-12-14;;/h5-9,14-15,17H,3-4,10-12H2,1-2H3,(H,18,20);2*1H. The number of amides is 1. The van der Waals surface area contributed by atoms with Gasteiger partial charge in [-0.25, -0.2) is 0 Å². The van der Waals surface area contributed by atoms with Crippen molar-refractivity contribution in [2.75, 3.05) is 26.2 Å². The molecule has 2 atom stereocenters. The van der Waals surface area contributed by atoms with Crippen LogP contribution in [0.2, 0.25) is 0 Å². The van der Waals surface area contributed by atoms with Crippen LogP contribution in [-0.2, 0) is 4.79 Å².